The standard InChI is InChI=1S/C30H36N2O2.C2H7N/c1-28(2)17-22-15-21-16-23(33)6-4-18(21)10-12-30(22,34)26-9-8-25(29(26,28)3)20-5-7-24-19(14-20)11-13-32-27(24)31;1-3-2/h5,7-8,11,13-15,17-18,23,26,33-34H,4,6,9-10,12,16H2,1-3H3,(H2,31,32);3H,1-2H3/t18?,23?,26?,29?,30-;/m1./s1. The number of pyridine rings is 1. The fourth-order valence-corrected chi connectivity index (χ4v) is 7.70. The minimum absolute atomic E-state index is 0.116. The lowest BCUT2D eigenvalue weighted by molar-refractivity contribution is -0.0651. The number of aromatic nitrogens is 1. The molecule has 4 unspecified atom stereocenters. The minimum atomic E-state index is -0.844. The second kappa shape index (κ2) is 9.37. The summed E-state index contributed by atoms with van der Waals surface area (Å²) in [5.74, 6) is 1.17. The van der Waals surface area contributed by atoms with Gasteiger partial charge in [0.1, 0.15) is 5.82 Å². The Morgan fingerprint density at radius 3 is 2.59 bits per heavy atom. The summed E-state index contributed by atoms with van der Waals surface area (Å²) in [5, 5.41) is 27.5. The number of fused-ring (bicyclic) bond motifs is 5. The lowest BCUT2D eigenvalue weighted by atomic mass is 9.49. The van der Waals surface area contributed by atoms with Gasteiger partial charge in [-0.3, -0.25) is 0 Å². The molecule has 5 heteroatoms. The summed E-state index contributed by atoms with van der Waals surface area (Å²) >= 11 is 0. The van der Waals surface area contributed by atoms with E-state index in [0.717, 1.165) is 54.9 Å². The average Bonchev–Trinajstić information content (AvgIpc) is 3.16. The summed E-state index contributed by atoms with van der Waals surface area (Å²) in [6.45, 7) is 7.01. The molecule has 5 nitrogen and oxygen atoms in total. The number of hydrogen-bond acceptors (Lipinski definition) is 5. The summed E-state index contributed by atoms with van der Waals surface area (Å²) in [6.07, 6.45) is 13.8. The summed E-state index contributed by atoms with van der Waals surface area (Å²) in [7, 11) is 3.75. The van der Waals surface area contributed by atoms with Crippen molar-refractivity contribution in [2.75, 3.05) is 19.8 Å². The molecule has 0 saturated heterocycles. The summed E-state index contributed by atoms with van der Waals surface area (Å²) in [5.41, 5.74) is 9.88. The molecule has 2 aromatic rings. The first kappa shape index (κ1) is 26.1. The number of rotatable bonds is 1. The first-order valence-corrected chi connectivity index (χ1v) is 13.8. The average molecular weight is 502 g/mol. The van der Waals surface area contributed by atoms with E-state index in [-0.39, 0.29) is 22.9 Å². The molecule has 4 aliphatic carbocycles. The van der Waals surface area contributed by atoms with Gasteiger partial charge in [0, 0.05) is 22.9 Å². The van der Waals surface area contributed by atoms with Crippen LogP contribution in [0.2, 0.25) is 0 Å². The Bertz CT molecular complexity index is 1290. The van der Waals surface area contributed by atoms with Gasteiger partial charge in [0.15, 0.2) is 0 Å². The molecule has 1 heterocycles. The van der Waals surface area contributed by atoms with Crippen LogP contribution in [0.3, 0.4) is 0 Å². The molecule has 0 spiro atoms. The van der Waals surface area contributed by atoms with Gasteiger partial charge in [-0.25, -0.2) is 4.98 Å². The zero-order valence-corrected chi connectivity index (χ0v) is 23.0. The van der Waals surface area contributed by atoms with Crippen LogP contribution in [0.5, 0.6) is 0 Å². The lowest BCUT2D eigenvalue weighted by Gasteiger charge is -2.56. The number of aliphatic hydroxyl groups excluding tert-OH is 1. The van der Waals surface area contributed by atoms with Crippen molar-refractivity contribution in [1.29, 1.82) is 0 Å². The molecule has 198 valence electrons. The van der Waals surface area contributed by atoms with Gasteiger partial charge in [0.25, 0.3) is 0 Å². The minimum Gasteiger partial charge on any atom is -0.393 e. The maximum absolute atomic E-state index is 12.4. The number of benzene rings is 1. The molecular weight excluding hydrogens is 458 g/mol. The van der Waals surface area contributed by atoms with Gasteiger partial charge in [0.05, 0.1) is 11.7 Å². The van der Waals surface area contributed by atoms with Crippen LogP contribution in [0, 0.1) is 22.7 Å². The molecule has 1 fully saturated rings. The van der Waals surface area contributed by atoms with E-state index < -0.39 is 5.60 Å². The second-order valence-electron chi connectivity index (χ2n) is 12.4. The molecule has 0 amide bonds. The number of aliphatic hydroxyl groups is 2. The third-order valence-corrected chi connectivity index (χ3v) is 9.91. The van der Waals surface area contributed by atoms with Gasteiger partial charge in [-0.05, 0) is 98.2 Å². The smallest absolute Gasteiger partial charge is 0.131 e. The molecule has 1 aromatic carbocycles. The lowest BCUT2D eigenvalue weighted by Crippen LogP contribution is -2.55. The van der Waals surface area contributed by atoms with Crippen molar-refractivity contribution in [1.82, 2.24) is 10.3 Å². The SMILES string of the molecule is CC1(C)C=C2C=C3CC(O)CCC3CC[C@]2(O)C2CC=C(c3ccc4c(N)nccc4c3)C21C.CNC. The van der Waals surface area contributed by atoms with Crippen LogP contribution in [0.25, 0.3) is 16.3 Å². The van der Waals surface area contributed by atoms with Crippen molar-refractivity contribution in [2.24, 2.45) is 22.7 Å². The summed E-state index contributed by atoms with van der Waals surface area (Å²) < 4.78 is 0. The summed E-state index contributed by atoms with van der Waals surface area (Å²) in [4.78, 5) is 4.24. The molecular formula is C32H43N3O2. The number of nitrogens with one attached hydrogen (secondary N) is 1. The number of hydrogen-bond donors (Lipinski definition) is 4. The second-order valence-corrected chi connectivity index (χ2v) is 12.4. The van der Waals surface area contributed by atoms with Crippen LogP contribution >= 0.6 is 0 Å². The zero-order chi connectivity index (χ0) is 26.6. The Hall–Kier alpha value is -2.47. The van der Waals surface area contributed by atoms with Gasteiger partial charge in [-0.15, -0.1) is 0 Å². The maximum Gasteiger partial charge on any atom is 0.131 e. The number of nitrogen functional groups attached to an aromatic ring is 1. The molecule has 1 aromatic heterocycles. The third kappa shape index (κ3) is 4.07. The first-order valence-electron chi connectivity index (χ1n) is 13.8. The highest BCUT2D eigenvalue weighted by molar-refractivity contribution is 5.93. The molecule has 4 aliphatic rings. The molecule has 0 aliphatic heterocycles. The molecule has 37 heavy (non-hydrogen) atoms. The highest BCUT2D eigenvalue weighted by Crippen LogP contribution is 2.67. The monoisotopic (exact) mass is 501 g/mol. The van der Waals surface area contributed by atoms with E-state index in [4.69, 9.17) is 5.73 Å². The van der Waals surface area contributed by atoms with E-state index in [2.05, 4.69) is 67.5 Å². The van der Waals surface area contributed by atoms with E-state index in [1.54, 1.807) is 6.20 Å². The van der Waals surface area contributed by atoms with Gasteiger partial charge in [-0.1, -0.05) is 56.7 Å². The highest BCUT2D eigenvalue weighted by Gasteiger charge is 2.62. The number of allylic oxidation sites excluding steroid dienone is 3. The molecule has 1 saturated carbocycles. The fraction of sp³-hybridized carbons (Fsp3) is 0.531. The van der Waals surface area contributed by atoms with E-state index >= 15 is 0 Å². The largest absolute Gasteiger partial charge is 0.393 e. The van der Waals surface area contributed by atoms with E-state index in [9.17, 15) is 10.2 Å². The number of anilines is 1. The van der Waals surface area contributed by atoms with Gasteiger partial charge < -0.3 is 21.3 Å². The fourth-order valence-electron chi connectivity index (χ4n) is 7.70. The maximum atomic E-state index is 12.4. The van der Waals surface area contributed by atoms with Crippen LogP contribution in [0.4, 0.5) is 5.82 Å². The Labute approximate surface area is 221 Å². The van der Waals surface area contributed by atoms with Crippen molar-refractivity contribution < 1.29 is 10.2 Å². The van der Waals surface area contributed by atoms with Crippen molar-refractivity contribution in [3.8, 4) is 0 Å². The quantitative estimate of drug-likeness (QED) is 0.406. The molecule has 5 atom stereocenters. The topological polar surface area (TPSA) is 91.4 Å². The predicted molar refractivity (Wildman–Crippen MR) is 153 cm³/mol. The Morgan fingerprint density at radius 1 is 1.08 bits per heavy atom. The van der Waals surface area contributed by atoms with Crippen LogP contribution in [-0.2, 0) is 0 Å². The van der Waals surface area contributed by atoms with E-state index in [1.165, 1.54) is 16.7 Å². The van der Waals surface area contributed by atoms with E-state index in [0.29, 0.717) is 11.7 Å². The molecule has 0 radical (unpaired) electrons. The van der Waals surface area contributed by atoms with Crippen LogP contribution in [0.15, 0.2) is 59.8 Å². The van der Waals surface area contributed by atoms with Gasteiger partial charge in [0.2, 0.25) is 0 Å². The third-order valence-electron chi connectivity index (χ3n) is 9.91. The zero-order valence-electron chi connectivity index (χ0n) is 23.0. The molecule has 0 bridgehead atoms. The molecule has 5 N–H and O–H groups in total. The van der Waals surface area contributed by atoms with Crippen LogP contribution < -0.4 is 11.1 Å². The predicted octanol–water partition coefficient (Wildman–Crippen LogP) is 5.64. The number of nitrogens with two attached hydrogens (primary N) is 1. The van der Waals surface area contributed by atoms with Crippen molar-refractivity contribution in [3.05, 3.63) is 65.4 Å². The van der Waals surface area contributed by atoms with Gasteiger partial charge in [-0.2, -0.15) is 0 Å². The number of nitrogens with zero attached hydrogens (tertiary/aromatic N) is 1. The van der Waals surface area contributed by atoms with Crippen molar-refractivity contribution in [3.63, 3.8) is 0 Å². The Balaban J connectivity index is 0.000000892. The summed E-state index contributed by atoms with van der Waals surface area (Å²) in [6, 6.07) is 8.51. The van der Waals surface area contributed by atoms with E-state index in [1.807, 2.05) is 20.2 Å². The Kier molecular flexibility index (Phi) is 6.62. The first-order chi connectivity index (χ1) is 17.5. The molecule has 6 rings (SSSR count). The van der Waals surface area contributed by atoms with Crippen LogP contribution in [0.1, 0.15) is 64.9 Å². The van der Waals surface area contributed by atoms with Crippen molar-refractivity contribution in [2.45, 2.75) is 71.0 Å². The highest BCUT2D eigenvalue weighted by atomic mass is 16.3. The van der Waals surface area contributed by atoms with Crippen molar-refractivity contribution >= 4 is 22.2 Å². The van der Waals surface area contributed by atoms with Gasteiger partial charge >= 0.3 is 0 Å². The van der Waals surface area contributed by atoms with Crippen LogP contribution in [-0.4, -0.2) is 41.0 Å². The normalized spacial score (nSPS) is 34.0. The Morgan fingerprint density at radius 2 is 1.84 bits per heavy atom.